The van der Waals surface area contributed by atoms with Gasteiger partial charge in [-0.15, -0.1) is 0 Å². The number of esters is 2. The van der Waals surface area contributed by atoms with Gasteiger partial charge in [-0.1, -0.05) is 86.0 Å². The SMILES string of the molecule is CC1=C(C)C(=O)C(CC[C@](C)(O)CCC(=O)O)=CC1=O.CC1=C(C)C(=O)C(CC[C@]2(C)CCC(=O)O2)=CC1=O.CCC[C@]1(C)CCc2cc(O)c(C)c(C)c2O1.Cc1c(O)cc(CC[C@@]2(C)CCC(=O)O2)c(O)c1C.Cc1c(O)cc(CC[C@](C)(O)CCC(=O)O)c(O)c1C.Cc1c(O)cc2c(c1C)O[C@](C)(CCC[C@@H](C)CCC[C@@H](C)CCCC(C)C)CC2.O.O.[HH].[HH].[OH-].[OH-].[OH-].[OH3+].[OH3+].[OH3+]. The molecule has 4 heterocycles. The number of carbonyl (C=O) groups is 8. The summed E-state index contributed by atoms with van der Waals surface area (Å²) in [5.74, 6) is 3.25. The van der Waals surface area contributed by atoms with Crippen LogP contribution in [0.25, 0.3) is 0 Å². The van der Waals surface area contributed by atoms with Gasteiger partial charge in [0.25, 0.3) is 0 Å². The molecule has 0 unspecified atom stereocenters. The maximum atomic E-state index is 12.1. The molecule has 4 aromatic rings. The van der Waals surface area contributed by atoms with Gasteiger partial charge in [-0.05, 0) is 368 Å². The topological polar surface area (TPSA) is 628 Å². The monoisotopic (exact) mass is 1890 g/mol. The lowest BCUT2D eigenvalue weighted by molar-refractivity contribution is -0.148. The fourth-order valence-electron chi connectivity index (χ4n) is 16.6. The Kier molecular flexibility index (Phi) is 55.3. The number of cyclic esters (lactones) is 2. The van der Waals surface area contributed by atoms with Gasteiger partial charge in [-0.25, -0.2) is 0 Å². The van der Waals surface area contributed by atoms with Crippen LogP contribution in [0.15, 0.2) is 69.9 Å². The standard InChI is InChI=1S/C28H48O2.C15H22O5.C15H20O5.C15H20O4.C15H18O4.C15H22O2.8H2O.2H2/c1-20(2)11-8-12-21(3)13-9-14-22(4)15-10-17-28(7)18-16-25-19-26(29)23(5)24(6)27(25)30-28;2*1-9-10(2)14(19)11(8-12(9)16)4-6-15(3,20)7-5-13(17)18;2*1-9-10(2)14(18)11(8-12(9)16)4-6-15(3)7-5-13(17)19-15;1-5-7-15(4)8-6-12-9-13(16)10(2)11(3)14(12)17-15;;;;;;;;;;/h19-22,29H,8-18H2,1-7H3;8,16,19-20H,4-7H2,1-3H3,(H,17,18);8,20H,4-7H2,1-3H3,(H,17,18);8,16,18H,4-7H2,1-3H3;8H,4-7H2,1-3H3;9,16H,5-8H2,1-4H3;8*1H2;2*1H/t21-,22-,28+;5*15-;;;;;;;;;;/m000011........../s1. The number of aromatic hydroxyl groups is 6. The van der Waals surface area contributed by atoms with Gasteiger partial charge < -0.3 is 114 Å². The van der Waals surface area contributed by atoms with Gasteiger partial charge in [0.05, 0.1) is 11.2 Å². The van der Waals surface area contributed by atoms with Gasteiger partial charge in [-0.3, -0.25) is 38.4 Å². The van der Waals surface area contributed by atoms with E-state index in [4.69, 9.17) is 29.2 Å². The number of allylic oxidation sites excluding steroid dienone is 8. The van der Waals surface area contributed by atoms with Crippen LogP contribution in [0.1, 0.15) is 347 Å². The quantitative estimate of drug-likeness (QED) is 0.00939. The number of aliphatic carboxylic acids is 2. The summed E-state index contributed by atoms with van der Waals surface area (Å²) in [4.78, 5) is 90.8. The number of phenolic OH excluding ortho intramolecular Hbond substituents is 6. The second-order valence-corrected chi connectivity index (χ2v) is 38.6. The van der Waals surface area contributed by atoms with E-state index in [0.717, 1.165) is 102 Å². The summed E-state index contributed by atoms with van der Waals surface area (Å²) in [6.07, 6.45) is 26.8. The Morgan fingerprint density at radius 2 is 0.722 bits per heavy atom. The molecular formula is C103H170O30. The Hall–Kier alpha value is -9.60. The summed E-state index contributed by atoms with van der Waals surface area (Å²) in [5, 5.41) is 97.0. The van der Waals surface area contributed by atoms with Gasteiger partial charge in [0.2, 0.25) is 0 Å². The fourth-order valence-corrected chi connectivity index (χ4v) is 16.6. The number of fused-ring (bicyclic) bond motifs is 2. The lowest BCUT2D eigenvalue weighted by Gasteiger charge is -2.37. The first-order chi connectivity index (χ1) is 58.0. The number of rotatable bonds is 32. The maximum Gasteiger partial charge on any atom is 0.306 e. The molecule has 762 valence electrons. The molecule has 0 bridgehead atoms. The Bertz CT molecular complexity index is 4690. The second-order valence-electron chi connectivity index (χ2n) is 38.6. The lowest BCUT2D eigenvalue weighted by atomic mass is 9.85. The number of phenols is 6. The van der Waals surface area contributed by atoms with Crippen molar-refractivity contribution in [3.8, 4) is 46.0 Å². The predicted molar refractivity (Wildman–Crippen MR) is 520 cm³/mol. The molecule has 2 saturated heterocycles. The number of aliphatic hydroxyl groups is 2. The number of carboxylic acids is 2. The fraction of sp³-hybridized carbons (Fsp3) is 0.612. The maximum absolute atomic E-state index is 12.1. The third kappa shape index (κ3) is 39.0. The lowest BCUT2D eigenvalue weighted by Crippen LogP contribution is -2.36. The van der Waals surface area contributed by atoms with E-state index >= 15 is 0 Å². The van der Waals surface area contributed by atoms with Crippen molar-refractivity contribution in [1.82, 2.24) is 0 Å². The van der Waals surface area contributed by atoms with Crippen LogP contribution in [0.5, 0.6) is 46.0 Å². The van der Waals surface area contributed by atoms with Gasteiger partial charge in [0, 0.05) is 62.0 Å². The number of carboxylic acid groups (broad SMARTS) is 2. The van der Waals surface area contributed by atoms with Crippen LogP contribution in [-0.2, 0) is 89.9 Å². The summed E-state index contributed by atoms with van der Waals surface area (Å²) in [6, 6.07) is 6.86. The number of ether oxygens (including phenoxy) is 4. The number of benzene rings is 4. The highest BCUT2D eigenvalue weighted by Gasteiger charge is 2.40. The van der Waals surface area contributed by atoms with Crippen LogP contribution in [0.4, 0.5) is 0 Å². The average molecular weight is 1890 g/mol. The molecule has 6 aliphatic rings. The van der Waals surface area contributed by atoms with Crippen molar-refractivity contribution >= 4 is 47.0 Å². The molecule has 0 saturated carbocycles. The average Bonchev–Trinajstić information content (AvgIpc) is 1.75. The summed E-state index contributed by atoms with van der Waals surface area (Å²) >= 11 is 0. The predicted octanol–water partition coefficient (Wildman–Crippen LogP) is 17.1. The molecule has 0 spiro atoms. The summed E-state index contributed by atoms with van der Waals surface area (Å²) in [6.45, 7) is 44.7. The molecule has 133 heavy (non-hydrogen) atoms. The van der Waals surface area contributed by atoms with Crippen molar-refractivity contribution in [3.63, 3.8) is 0 Å². The molecule has 26 N–H and O–H groups in total. The Balaban J connectivity index is -0.000000368. The summed E-state index contributed by atoms with van der Waals surface area (Å²) in [5.41, 5.74) is 9.83. The Morgan fingerprint density at radius 3 is 1.08 bits per heavy atom. The molecule has 2 aliphatic carbocycles. The van der Waals surface area contributed by atoms with Crippen molar-refractivity contribution in [2.45, 2.75) is 392 Å². The number of ketones is 4. The zero-order valence-corrected chi connectivity index (χ0v) is 83.6. The van der Waals surface area contributed by atoms with Gasteiger partial charge >= 0.3 is 23.9 Å². The first-order valence-electron chi connectivity index (χ1n) is 45.3. The molecular weight excluding hydrogens is 1720 g/mol. The van der Waals surface area contributed by atoms with Crippen molar-refractivity contribution in [2.24, 2.45) is 17.8 Å². The largest absolute Gasteiger partial charge is 0.870 e. The van der Waals surface area contributed by atoms with E-state index in [0.29, 0.717) is 143 Å². The minimum Gasteiger partial charge on any atom is -0.870 e. The summed E-state index contributed by atoms with van der Waals surface area (Å²) < 4.78 is 23.3. The Morgan fingerprint density at radius 1 is 0.406 bits per heavy atom. The molecule has 0 amide bonds. The van der Waals surface area contributed by atoms with E-state index in [1.165, 1.54) is 75.1 Å². The zero-order chi connectivity index (χ0) is 94.4. The molecule has 0 aromatic heterocycles. The second kappa shape index (κ2) is 56.7. The number of carbonyl (C=O) groups excluding carboxylic acids is 6. The molecule has 0 radical (unpaired) electrons. The van der Waals surface area contributed by atoms with E-state index < -0.39 is 34.3 Å². The molecule has 4 aliphatic heterocycles. The number of hydrogen-bond donors (Lipinski definition) is 10. The van der Waals surface area contributed by atoms with E-state index in [9.17, 15) is 79.2 Å². The normalized spacial score (nSPS) is 19.7. The zero-order valence-electron chi connectivity index (χ0n) is 83.6. The third-order valence-corrected chi connectivity index (χ3v) is 26.9. The van der Waals surface area contributed by atoms with Gasteiger partial charge in [0.1, 0.15) is 68.4 Å². The van der Waals surface area contributed by atoms with E-state index in [-0.39, 0.29) is 154 Å². The Labute approximate surface area is 790 Å². The van der Waals surface area contributed by atoms with E-state index in [2.05, 4.69) is 55.4 Å². The van der Waals surface area contributed by atoms with Crippen LogP contribution in [0.2, 0.25) is 0 Å². The first-order valence-corrected chi connectivity index (χ1v) is 45.3. The highest BCUT2D eigenvalue weighted by atomic mass is 16.6. The molecule has 2 fully saturated rings. The van der Waals surface area contributed by atoms with Crippen molar-refractivity contribution in [2.75, 3.05) is 0 Å². The summed E-state index contributed by atoms with van der Waals surface area (Å²) in [7, 11) is 0. The minimum atomic E-state index is -1.16. The van der Waals surface area contributed by atoms with Crippen LogP contribution < -0.4 is 9.47 Å². The van der Waals surface area contributed by atoms with E-state index in [1.807, 2.05) is 46.8 Å². The van der Waals surface area contributed by atoms with Crippen LogP contribution in [-0.4, -0.2) is 159 Å². The molecule has 30 heteroatoms. The van der Waals surface area contributed by atoms with E-state index in [1.54, 1.807) is 75.3 Å². The van der Waals surface area contributed by atoms with Crippen LogP contribution in [0.3, 0.4) is 0 Å². The molecule has 4 aromatic carbocycles. The van der Waals surface area contributed by atoms with Gasteiger partial charge in [-0.2, -0.15) is 0 Å². The highest BCUT2D eigenvalue weighted by Crippen LogP contribution is 2.46. The van der Waals surface area contributed by atoms with Crippen LogP contribution >= 0.6 is 0 Å². The van der Waals surface area contributed by atoms with Crippen molar-refractivity contribution < 1.29 is 155 Å². The van der Waals surface area contributed by atoms with Crippen molar-refractivity contribution in [1.29, 1.82) is 0 Å². The molecule has 10 rings (SSSR count). The molecule has 8 atom stereocenters. The number of aryl methyl sites for hydroxylation is 4. The third-order valence-electron chi connectivity index (χ3n) is 26.9. The smallest absolute Gasteiger partial charge is 0.306 e. The number of Topliss-reactive ketones (excluding diaryl/α,β-unsaturated/α-hetero) is 2. The molecule has 30 nitrogen and oxygen atoms in total. The first kappa shape index (κ1) is 130. The van der Waals surface area contributed by atoms with Gasteiger partial charge in [0.15, 0.2) is 23.1 Å². The van der Waals surface area contributed by atoms with Crippen LogP contribution in [0, 0.1) is 73.1 Å². The minimum absolute atomic E-state index is 0. The highest BCUT2D eigenvalue weighted by molar-refractivity contribution is 6.23. The van der Waals surface area contributed by atoms with Crippen molar-refractivity contribution in [3.05, 3.63) is 137 Å². The number of hydrogen-bond acceptors (Lipinski definition) is 23.